The quantitative estimate of drug-likeness (QED) is 0.626. The van der Waals surface area contributed by atoms with E-state index in [2.05, 4.69) is 41.5 Å². The number of rotatable bonds is 4. The summed E-state index contributed by atoms with van der Waals surface area (Å²) in [5.74, 6) is 2.39. The number of hydrogen-bond acceptors (Lipinski definition) is 5. The van der Waals surface area contributed by atoms with Crippen molar-refractivity contribution in [3.8, 4) is 11.5 Å². The number of piperazine rings is 1. The van der Waals surface area contributed by atoms with Gasteiger partial charge < -0.3 is 25.0 Å². The average molecular weight is 361 g/mol. The molecule has 1 fully saturated rings. The summed E-state index contributed by atoms with van der Waals surface area (Å²) in [6.07, 6.45) is 0.908. The van der Waals surface area contributed by atoms with Crippen molar-refractivity contribution in [1.29, 1.82) is 0 Å². The van der Waals surface area contributed by atoms with E-state index in [1.807, 2.05) is 18.2 Å². The lowest BCUT2D eigenvalue weighted by Crippen LogP contribution is -2.51. The highest BCUT2D eigenvalue weighted by Crippen LogP contribution is 2.32. The van der Waals surface area contributed by atoms with Gasteiger partial charge in [-0.2, -0.15) is 0 Å². The zero-order valence-corrected chi connectivity index (χ0v) is 16.1. The van der Waals surface area contributed by atoms with Crippen LogP contribution in [-0.2, 0) is 0 Å². The van der Waals surface area contributed by atoms with E-state index in [1.54, 1.807) is 0 Å². The lowest BCUT2D eigenvalue weighted by molar-refractivity contribution is 0.119. The molecular formula is C19H31N5O2. The molecule has 1 aromatic carbocycles. The van der Waals surface area contributed by atoms with Gasteiger partial charge in [0.1, 0.15) is 0 Å². The van der Waals surface area contributed by atoms with Crippen LogP contribution in [0.1, 0.15) is 13.3 Å². The van der Waals surface area contributed by atoms with E-state index in [0.717, 1.165) is 62.3 Å². The van der Waals surface area contributed by atoms with Gasteiger partial charge in [-0.25, -0.2) is 0 Å². The van der Waals surface area contributed by atoms with Gasteiger partial charge in [0.2, 0.25) is 0 Å². The average Bonchev–Trinajstić information content (AvgIpc) is 2.87. The topological polar surface area (TPSA) is 61.4 Å². The number of aliphatic imine (C=N–C) groups is 1. The molecule has 1 unspecified atom stereocenters. The van der Waals surface area contributed by atoms with Crippen molar-refractivity contribution in [1.82, 2.24) is 15.1 Å². The third-order valence-corrected chi connectivity index (χ3v) is 4.79. The molecule has 0 amide bonds. The first-order valence-corrected chi connectivity index (χ1v) is 9.49. The van der Waals surface area contributed by atoms with Crippen molar-refractivity contribution in [2.24, 2.45) is 4.99 Å². The van der Waals surface area contributed by atoms with Gasteiger partial charge in [0.05, 0.1) is 19.8 Å². The summed E-state index contributed by atoms with van der Waals surface area (Å²) in [6.45, 7) is 8.29. The molecule has 144 valence electrons. The summed E-state index contributed by atoms with van der Waals surface area (Å²) in [4.78, 5) is 9.56. The maximum absolute atomic E-state index is 5.77. The highest BCUT2D eigenvalue weighted by molar-refractivity contribution is 5.93. The Hall–Kier alpha value is -1.99. The van der Waals surface area contributed by atoms with Gasteiger partial charge in [-0.3, -0.25) is 9.89 Å². The van der Waals surface area contributed by atoms with E-state index < -0.39 is 0 Å². The minimum atomic E-state index is 0.438. The lowest BCUT2D eigenvalue weighted by Gasteiger charge is -2.36. The zero-order valence-electron chi connectivity index (χ0n) is 16.1. The highest BCUT2D eigenvalue weighted by Gasteiger charge is 2.21. The number of likely N-dealkylation sites (N-methyl/N-ethyl adjacent to an activating group) is 2. The van der Waals surface area contributed by atoms with Gasteiger partial charge in [-0.05, 0) is 33.2 Å². The Morgan fingerprint density at radius 1 is 1.19 bits per heavy atom. The van der Waals surface area contributed by atoms with Crippen LogP contribution in [0.2, 0.25) is 0 Å². The lowest BCUT2D eigenvalue weighted by atomic mass is 10.2. The maximum Gasteiger partial charge on any atom is 0.195 e. The predicted octanol–water partition coefficient (Wildman–Crippen LogP) is 1.47. The maximum atomic E-state index is 5.77. The molecule has 7 heteroatoms. The number of nitrogens with zero attached hydrogens (tertiary/aromatic N) is 3. The molecule has 2 heterocycles. The van der Waals surface area contributed by atoms with E-state index >= 15 is 0 Å². The minimum Gasteiger partial charge on any atom is -0.490 e. The standard InChI is InChI=1S/C19H31N5O2/c1-4-20-19(21-13-16-14-23(2)8-9-24(16)3)22-15-6-7-17-18(12-15)26-11-5-10-25-17/h6-7,12,16H,4-5,8-11,13-14H2,1-3H3,(H2,20,21,22). The number of hydrogen-bond donors (Lipinski definition) is 2. The molecule has 0 bridgehead atoms. The Morgan fingerprint density at radius 2 is 2.00 bits per heavy atom. The Balaban J connectivity index is 1.67. The summed E-state index contributed by atoms with van der Waals surface area (Å²) >= 11 is 0. The van der Waals surface area contributed by atoms with Crippen molar-refractivity contribution in [2.75, 3.05) is 65.3 Å². The van der Waals surface area contributed by atoms with Crippen LogP contribution in [0.25, 0.3) is 0 Å². The summed E-state index contributed by atoms with van der Waals surface area (Å²) in [6, 6.07) is 6.37. The number of anilines is 1. The SMILES string of the molecule is CCNC(=NCC1CN(C)CCN1C)Nc1ccc2c(c1)OCCCO2. The summed E-state index contributed by atoms with van der Waals surface area (Å²) in [5, 5.41) is 6.71. The third-order valence-electron chi connectivity index (χ3n) is 4.79. The van der Waals surface area contributed by atoms with Gasteiger partial charge in [-0.15, -0.1) is 0 Å². The molecule has 26 heavy (non-hydrogen) atoms. The molecule has 3 rings (SSSR count). The van der Waals surface area contributed by atoms with Crippen LogP contribution in [0.5, 0.6) is 11.5 Å². The van der Waals surface area contributed by atoms with Crippen LogP contribution in [0.4, 0.5) is 5.69 Å². The monoisotopic (exact) mass is 361 g/mol. The molecule has 7 nitrogen and oxygen atoms in total. The van der Waals surface area contributed by atoms with E-state index in [0.29, 0.717) is 19.3 Å². The smallest absolute Gasteiger partial charge is 0.195 e. The molecule has 2 N–H and O–H groups in total. The molecule has 0 spiro atoms. The fourth-order valence-electron chi connectivity index (χ4n) is 3.18. The second-order valence-corrected chi connectivity index (χ2v) is 6.95. The first kappa shape index (κ1) is 18.8. The number of ether oxygens (including phenoxy) is 2. The first-order chi connectivity index (χ1) is 12.7. The number of fused-ring (bicyclic) bond motifs is 1. The van der Waals surface area contributed by atoms with E-state index in [4.69, 9.17) is 14.5 Å². The molecule has 1 aromatic rings. The molecule has 0 aliphatic carbocycles. The van der Waals surface area contributed by atoms with E-state index in [-0.39, 0.29) is 0 Å². The van der Waals surface area contributed by atoms with Crippen LogP contribution in [0, 0.1) is 0 Å². The first-order valence-electron chi connectivity index (χ1n) is 9.49. The van der Waals surface area contributed by atoms with Crippen molar-refractivity contribution in [3.63, 3.8) is 0 Å². The largest absolute Gasteiger partial charge is 0.490 e. The molecule has 0 aromatic heterocycles. The Labute approximate surface area is 156 Å². The highest BCUT2D eigenvalue weighted by atomic mass is 16.5. The molecule has 2 aliphatic rings. The van der Waals surface area contributed by atoms with Crippen molar-refractivity contribution in [3.05, 3.63) is 18.2 Å². The zero-order chi connectivity index (χ0) is 18.4. The van der Waals surface area contributed by atoms with Crippen LogP contribution >= 0.6 is 0 Å². The fourth-order valence-corrected chi connectivity index (χ4v) is 3.18. The summed E-state index contributed by atoms with van der Waals surface area (Å²) in [5.41, 5.74) is 0.947. The molecule has 1 atom stereocenters. The van der Waals surface area contributed by atoms with E-state index in [9.17, 15) is 0 Å². The Bertz CT molecular complexity index is 622. The Kier molecular flexibility index (Phi) is 6.57. The van der Waals surface area contributed by atoms with Crippen molar-refractivity contribution < 1.29 is 9.47 Å². The fraction of sp³-hybridized carbons (Fsp3) is 0.632. The van der Waals surface area contributed by atoms with Gasteiger partial charge in [0.15, 0.2) is 17.5 Å². The van der Waals surface area contributed by atoms with Gasteiger partial charge in [0, 0.05) is 50.4 Å². The van der Waals surface area contributed by atoms with Crippen LogP contribution in [0.3, 0.4) is 0 Å². The molecular weight excluding hydrogens is 330 g/mol. The van der Waals surface area contributed by atoms with Crippen molar-refractivity contribution >= 4 is 11.6 Å². The van der Waals surface area contributed by atoms with Crippen LogP contribution < -0.4 is 20.1 Å². The van der Waals surface area contributed by atoms with Gasteiger partial charge in [-0.1, -0.05) is 0 Å². The second kappa shape index (κ2) is 9.09. The van der Waals surface area contributed by atoms with E-state index in [1.165, 1.54) is 0 Å². The number of guanidine groups is 1. The predicted molar refractivity (Wildman–Crippen MR) is 106 cm³/mol. The van der Waals surface area contributed by atoms with Crippen molar-refractivity contribution in [2.45, 2.75) is 19.4 Å². The second-order valence-electron chi connectivity index (χ2n) is 6.95. The summed E-state index contributed by atoms with van der Waals surface area (Å²) < 4.78 is 11.5. The van der Waals surface area contributed by atoms with Gasteiger partial charge >= 0.3 is 0 Å². The third kappa shape index (κ3) is 5.02. The summed E-state index contributed by atoms with van der Waals surface area (Å²) in [7, 11) is 4.35. The normalized spacial score (nSPS) is 22.0. The Morgan fingerprint density at radius 3 is 2.81 bits per heavy atom. The van der Waals surface area contributed by atoms with Gasteiger partial charge in [0.25, 0.3) is 0 Å². The minimum absolute atomic E-state index is 0.438. The number of benzene rings is 1. The number of nitrogens with one attached hydrogen (secondary N) is 2. The molecule has 0 saturated carbocycles. The van der Waals surface area contributed by atoms with Crippen LogP contribution in [0.15, 0.2) is 23.2 Å². The molecule has 0 radical (unpaired) electrons. The molecule has 2 aliphatic heterocycles. The van der Waals surface area contributed by atoms with Crippen LogP contribution in [-0.4, -0.2) is 81.8 Å². The molecule has 1 saturated heterocycles.